The number of primary amides is 1. The van der Waals surface area contributed by atoms with Crippen LogP contribution < -0.4 is 32.7 Å². The Hall–Kier alpha value is -7.72. The molecule has 9 rings (SSSR count). The molecule has 1 saturated carbocycles. The number of imide groups is 1. The zero-order chi connectivity index (χ0) is 60.7. The number of likely N-dealkylation sites (tertiary alicyclic amines) is 1. The number of rotatable bonds is 33. The van der Waals surface area contributed by atoms with E-state index in [-0.39, 0.29) is 99.2 Å². The Labute approximate surface area is 501 Å². The number of carbonyl (C=O) groups excluding carboxylic acids is 7. The second-order valence-corrected chi connectivity index (χ2v) is 23.0. The van der Waals surface area contributed by atoms with Crippen LogP contribution in [0.4, 0.5) is 4.79 Å². The molecule has 3 fully saturated rings. The van der Waals surface area contributed by atoms with Crippen LogP contribution in [0.5, 0.6) is 0 Å². The summed E-state index contributed by atoms with van der Waals surface area (Å²) in [5.41, 5.74) is 14.1. The molecule has 0 spiro atoms. The number of ether oxygens (including phenoxy) is 5. The summed E-state index contributed by atoms with van der Waals surface area (Å²) < 4.78 is 32.0. The van der Waals surface area contributed by atoms with Crippen molar-refractivity contribution >= 4 is 52.6 Å². The average molecular weight is 1180 g/mol. The van der Waals surface area contributed by atoms with Crippen LogP contribution in [0.2, 0.25) is 0 Å². The zero-order valence-corrected chi connectivity index (χ0v) is 49.6. The molecule has 21 heteroatoms. The van der Waals surface area contributed by atoms with E-state index in [4.69, 9.17) is 29.4 Å². The number of nitrogens with one attached hydrogen (secondary N) is 4. The van der Waals surface area contributed by atoms with Crippen molar-refractivity contribution in [3.8, 4) is 11.1 Å². The first kappa shape index (κ1) is 62.8. The van der Waals surface area contributed by atoms with Gasteiger partial charge in [-0.3, -0.25) is 43.2 Å². The van der Waals surface area contributed by atoms with E-state index < -0.39 is 48.2 Å². The number of aromatic nitrogens is 2. The summed E-state index contributed by atoms with van der Waals surface area (Å²) in [5, 5.41) is 11.2. The number of alkyl carbamates (subject to hydrolysis) is 1. The molecule has 2 aliphatic heterocycles. The third kappa shape index (κ3) is 16.0. The van der Waals surface area contributed by atoms with Gasteiger partial charge >= 0.3 is 11.8 Å². The number of fused-ring (bicyclic) bond motifs is 5. The second-order valence-electron chi connectivity index (χ2n) is 23.0. The summed E-state index contributed by atoms with van der Waals surface area (Å²) in [6.45, 7) is 6.93. The largest absolute Gasteiger partial charge is 0.449 e. The van der Waals surface area contributed by atoms with Crippen molar-refractivity contribution in [3.63, 3.8) is 0 Å². The van der Waals surface area contributed by atoms with Gasteiger partial charge in [-0.15, -0.1) is 0 Å². The standard InChI is InChI=1S/C65H82N8O13/c1-4-5-18-53(69-64(80)86-39-51-48-16-8-6-14-46(48)47-15-7-9-17-49(47)51)63(79)72-37-45-36-50(45)60(72)62(78)68-52(24-27-57(66)74)41(2)85-38-44-21-19-42(20-22-44)12-10-29-67-59(76)40-84-34-33-83-32-31-82-30-11-13-43-23-25-54-56(35-43)71(3)65(81)73(54)55-26-28-58(75)70-61(55)77/h6-9,14-17,19-23,25,35,41,45,50-53,55,60H,4-5,10-13,18,24,26-34,36-40H2,1-3H3,(H2,66,74)(H,67,76)(H,68,78)(H,69,80)(H,70,75,77)/t41-,45-,50-,52+,53+,55?,60+/m1/s1. The van der Waals surface area contributed by atoms with Crippen LogP contribution in [0.3, 0.4) is 0 Å². The quantitative estimate of drug-likeness (QED) is 0.0252. The molecule has 4 aliphatic rings. The van der Waals surface area contributed by atoms with Gasteiger partial charge in [0.05, 0.1) is 56.2 Å². The summed E-state index contributed by atoms with van der Waals surface area (Å²) in [5.74, 6) is -2.09. The highest BCUT2D eigenvalue weighted by Crippen LogP contribution is 2.50. The predicted molar refractivity (Wildman–Crippen MR) is 320 cm³/mol. The number of carbonyl (C=O) groups is 7. The monoisotopic (exact) mass is 1180 g/mol. The maximum atomic E-state index is 14.4. The number of hydrogen-bond acceptors (Lipinski definition) is 13. The summed E-state index contributed by atoms with van der Waals surface area (Å²) in [6, 6.07) is 27.0. The first-order chi connectivity index (χ1) is 41.7. The Bertz CT molecular complexity index is 3220. The molecule has 7 atom stereocenters. The Kier molecular flexibility index (Phi) is 22.0. The van der Waals surface area contributed by atoms with E-state index in [1.165, 1.54) is 9.13 Å². The minimum Gasteiger partial charge on any atom is -0.449 e. The van der Waals surface area contributed by atoms with Gasteiger partial charge in [0.1, 0.15) is 31.3 Å². The third-order valence-electron chi connectivity index (χ3n) is 17.0. The Morgan fingerprint density at radius 1 is 0.767 bits per heavy atom. The van der Waals surface area contributed by atoms with Gasteiger partial charge in [0.25, 0.3) is 0 Å². The fourth-order valence-electron chi connectivity index (χ4n) is 12.2. The van der Waals surface area contributed by atoms with Gasteiger partial charge in [0, 0.05) is 45.5 Å². The molecule has 6 N–H and O–H groups in total. The fourth-order valence-corrected chi connectivity index (χ4v) is 12.2. The van der Waals surface area contributed by atoms with E-state index in [0.29, 0.717) is 57.9 Å². The van der Waals surface area contributed by atoms with Gasteiger partial charge in [0.15, 0.2) is 0 Å². The predicted octanol–water partition coefficient (Wildman–Crippen LogP) is 5.65. The van der Waals surface area contributed by atoms with Crippen molar-refractivity contribution in [2.24, 2.45) is 24.6 Å². The molecule has 7 amide bonds. The maximum Gasteiger partial charge on any atom is 0.407 e. The van der Waals surface area contributed by atoms with Gasteiger partial charge in [-0.25, -0.2) is 9.59 Å². The maximum absolute atomic E-state index is 14.4. The average Bonchev–Trinajstić information content (AvgIpc) is 1.69. The van der Waals surface area contributed by atoms with E-state index >= 15 is 0 Å². The van der Waals surface area contributed by atoms with Crippen LogP contribution >= 0.6 is 0 Å². The molecule has 1 unspecified atom stereocenters. The van der Waals surface area contributed by atoms with E-state index in [9.17, 15) is 38.4 Å². The van der Waals surface area contributed by atoms with E-state index in [1.54, 1.807) is 11.9 Å². The number of nitrogens with zero attached hydrogens (tertiary/aromatic N) is 3. The highest BCUT2D eigenvalue weighted by Gasteiger charge is 2.57. The van der Waals surface area contributed by atoms with Crippen LogP contribution in [0.25, 0.3) is 22.2 Å². The fraction of sp³-hybridized carbons (Fsp3) is 0.508. The van der Waals surface area contributed by atoms with Crippen LogP contribution in [0.1, 0.15) is 118 Å². The molecule has 21 nitrogen and oxygen atoms in total. The lowest BCUT2D eigenvalue weighted by atomic mass is 9.98. The molecule has 0 radical (unpaired) electrons. The van der Waals surface area contributed by atoms with Gasteiger partial charge in [-0.05, 0) is 121 Å². The van der Waals surface area contributed by atoms with Crippen molar-refractivity contribution < 1.29 is 57.2 Å². The SMILES string of the molecule is CCCC[C@H](NC(=O)OCC1c2ccccc2-c2ccccc21)C(=O)N1C[C@H]2C[C@H]2[C@H]1C(=O)N[C@@H](CCC(N)=O)[C@@H](C)OCc1ccc(CCCNC(=O)COCCOCCOCCCc2ccc3c(c2)n(C)c(=O)n3C2CCC(=O)NC2=O)cc1. The Balaban J connectivity index is 0.634. The molecule has 4 aromatic carbocycles. The van der Waals surface area contributed by atoms with Crippen molar-refractivity contribution in [2.75, 3.05) is 59.3 Å². The zero-order valence-electron chi connectivity index (χ0n) is 49.6. The molecule has 3 heterocycles. The van der Waals surface area contributed by atoms with Gasteiger partial charge in [-0.1, -0.05) is 98.6 Å². The lowest BCUT2D eigenvalue weighted by Gasteiger charge is -2.33. The molecule has 2 saturated heterocycles. The summed E-state index contributed by atoms with van der Waals surface area (Å²) in [4.78, 5) is 105. The molecule has 86 heavy (non-hydrogen) atoms. The molecule has 1 aromatic heterocycles. The highest BCUT2D eigenvalue weighted by atomic mass is 16.6. The lowest BCUT2D eigenvalue weighted by Crippen LogP contribution is -2.57. The lowest BCUT2D eigenvalue weighted by molar-refractivity contribution is -0.142. The smallest absolute Gasteiger partial charge is 0.407 e. The number of hydrogen-bond donors (Lipinski definition) is 5. The summed E-state index contributed by atoms with van der Waals surface area (Å²) >= 11 is 0. The second kappa shape index (κ2) is 30.1. The molecule has 0 bridgehead atoms. The summed E-state index contributed by atoms with van der Waals surface area (Å²) in [6.07, 6.45) is 5.23. The van der Waals surface area contributed by atoms with E-state index in [2.05, 4.69) is 45.5 Å². The van der Waals surface area contributed by atoms with Gasteiger partial charge in [-0.2, -0.15) is 0 Å². The van der Waals surface area contributed by atoms with Crippen LogP contribution in [0.15, 0.2) is 95.8 Å². The normalized spacial score (nSPS) is 18.8. The van der Waals surface area contributed by atoms with Crippen LogP contribution in [-0.4, -0.2) is 139 Å². The van der Waals surface area contributed by atoms with Crippen molar-refractivity contribution in [1.29, 1.82) is 0 Å². The Morgan fingerprint density at radius 3 is 2.15 bits per heavy atom. The van der Waals surface area contributed by atoms with Crippen molar-refractivity contribution in [3.05, 3.63) is 129 Å². The summed E-state index contributed by atoms with van der Waals surface area (Å²) in [7, 11) is 1.68. The highest BCUT2D eigenvalue weighted by molar-refractivity contribution is 6.00. The van der Waals surface area contributed by atoms with Crippen LogP contribution in [-0.2, 0) is 78.9 Å². The topological polar surface area (TPSA) is 270 Å². The molecule has 5 aromatic rings. The first-order valence-corrected chi connectivity index (χ1v) is 30.4. The number of nitrogens with two attached hydrogens (primary N) is 1. The first-order valence-electron chi connectivity index (χ1n) is 30.4. The minimum atomic E-state index is -0.873. The number of unbranched alkanes of at least 4 members (excludes halogenated alkanes) is 1. The number of aryl methyl sites for hydroxylation is 3. The van der Waals surface area contributed by atoms with Gasteiger partial charge < -0.3 is 50.3 Å². The van der Waals surface area contributed by atoms with Crippen molar-refractivity contribution in [1.82, 2.24) is 35.3 Å². The molecule has 460 valence electrons. The number of benzene rings is 4. The van der Waals surface area contributed by atoms with Gasteiger partial charge in [0.2, 0.25) is 35.4 Å². The third-order valence-corrected chi connectivity index (χ3v) is 17.0. The number of piperidine rings is 2. The van der Waals surface area contributed by atoms with E-state index in [1.807, 2.05) is 80.6 Å². The molecular formula is C65H82N8O13. The van der Waals surface area contributed by atoms with E-state index in [0.717, 1.165) is 83.0 Å². The minimum absolute atomic E-state index is 0.00701. The number of imidazole rings is 1. The number of amides is 7. The van der Waals surface area contributed by atoms with Crippen LogP contribution in [0, 0.1) is 11.8 Å². The molecule has 2 aliphatic carbocycles. The van der Waals surface area contributed by atoms with Crippen molar-refractivity contribution in [2.45, 2.75) is 134 Å². The molecular weight excluding hydrogens is 1100 g/mol. The Morgan fingerprint density at radius 2 is 1.44 bits per heavy atom.